The van der Waals surface area contributed by atoms with Gasteiger partial charge in [-0.25, -0.2) is 8.42 Å². The Morgan fingerprint density at radius 1 is 1.29 bits per heavy atom. The van der Waals surface area contributed by atoms with E-state index in [1.165, 1.54) is 6.07 Å². The van der Waals surface area contributed by atoms with Crippen LogP contribution in [0.5, 0.6) is 0 Å². The van der Waals surface area contributed by atoms with Gasteiger partial charge < -0.3 is 5.11 Å². The first kappa shape index (κ1) is 15.9. The van der Waals surface area contributed by atoms with Crippen LogP contribution < -0.4 is 4.72 Å². The fourth-order valence-electron chi connectivity index (χ4n) is 1.90. The number of aliphatic hydroxyl groups excluding tert-OH is 1. The van der Waals surface area contributed by atoms with Crippen LogP contribution in [0, 0.1) is 13.8 Å². The molecule has 0 saturated carbocycles. The number of sulfonamides is 1. The van der Waals surface area contributed by atoms with E-state index in [9.17, 15) is 13.5 Å². The Hall–Kier alpha value is -1.44. The molecule has 0 spiro atoms. The predicted molar refractivity (Wildman–Crippen MR) is 84.6 cm³/mol. The van der Waals surface area contributed by atoms with Crippen molar-refractivity contribution in [2.45, 2.75) is 25.3 Å². The van der Waals surface area contributed by atoms with Crippen molar-refractivity contribution in [3.05, 3.63) is 51.8 Å². The number of hydrogen-bond donors (Lipinski definition) is 2. The van der Waals surface area contributed by atoms with E-state index in [4.69, 9.17) is 0 Å². The van der Waals surface area contributed by atoms with Gasteiger partial charge in [-0.05, 0) is 49.2 Å². The highest BCUT2D eigenvalue weighted by Crippen LogP contribution is 2.27. The lowest BCUT2D eigenvalue weighted by atomic mass is 10.2. The maximum atomic E-state index is 12.5. The number of hydrogen-bond acceptors (Lipinski definition) is 4. The van der Waals surface area contributed by atoms with Crippen LogP contribution in [0.1, 0.15) is 16.8 Å². The number of pyridine rings is 1. The molecule has 7 heteroatoms. The smallest absolute Gasteiger partial charge is 0.262 e. The van der Waals surface area contributed by atoms with Crippen molar-refractivity contribution in [3.8, 4) is 0 Å². The quantitative estimate of drug-likeness (QED) is 0.866. The first-order chi connectivity index (χ1) is 9.83. The molecule has 1 aromatic heterocycles. The van der Waals surface area contributed by atoms with Gasteiger partial charge in [0, 0.05) is 16.4 Å². The minimum atomic E-state index is -3.73. The molecule has 0 radical (unpaired) electrons. The summed E-state index contributed by atoms with van der Waals surface area (Å²) in [4.78, 5) is 4.16. The highest BCUT2D eigenvalue weighted by molar-refractivity contribution is 9.10. The maximum absolute atomic E-state index is 12.5. The number of anilines is 1. The highest BCUT2D eigenvalue weighted by Gasteiger charge is 2.19. The zero-order chi connectivity index (χ0) is 15.6. The summed E-state index contributed by atoms with van der Waals surface area (Å²) in [5.74, 6) is 0. The summed E-state index contributed by atoms with van der Waals surface area (Å²) >= 11 is 3.31. The molecule has 0 saturated heterocycles. The second-order valence-electron chi connectivity index (χ2n) is 4.65. The topological polar surface area (TPSA) is 79.3 Å². The van der Waals surface area contributed by atoms with Crippen LogP contribution in [-0.2, 0) is 16.6 Å². The van der Waals surface area contributed by atoms with Crippen molar-refractivity contribution >= 4 is 31.6 Å². The van der Waals surface area contributed by atoms with E-state index >= 15 is 0 Å². The number of rotatable bonds is 4. The number of nitrogens with zero attached hydrogens (tertiary/aromatic N) is 1. The van der Waals surface area contributed by atoms with Gasteiger partial charge in [0.05, 0.1) is 17.2 Å². The summed E-state index contributed by atoms with van der Waals surface area (Å²) in [5, 5.41) is 9.22. The zero-order valence-electron chi connectivity index (χ0n) is 11.6. The average molecular weight is 371 g/mol. The number of aryl methyl sites for hydroxylation is 1. The fourth-order valence-corrected chi connectivity index (χ4v) is 3.90. The van der Waals surface area contributed by atoms with Crippen LogP contribution in [0.2, 0.25) is 0 Å². The molecule has 112 valence electrons. The zero-order valence-corrected chi connectivity index (χ0v) is 14.0. The van der Waals surface area contributed by atoms with Crippen molar-refractivity contribution < 1.29 is 13.5 Å². The van der Waals surface area contributed by atoms with Crippen molar-refractivity contribution in [1.82, 2.24) is 4.98 Å². The van der Waals surface area contributed by atoms with Crippen LogP contribution in [0.25, 0.3) is 0 Å². The third-order valence-electron chi connectivity index (χ3n) is 2.98. The first-order valence-corrected chi connectivity index (χ1v) is 8.46. The third kappa shape index (κ3) is 3.61. The van der Waals surface area contributed by atoms with Crippen molar-refractivity contribution in [3.63, 3.8) is 0 Å². The van der Waals surface area contributed by atoms with Gasteiger partial charge in [0.1, 0.15) is 0 Å². The summed E-state index contributed by atoms with van der Waals surface area (Å²) in [6.07, 6.45) is 1.54. The molecule has 0 aliphatic heterocycles. The Kier molecular flexibility index (Phi) is 4.65. The molecule has 21 heavy (non-hydrogen) atoms. The van der Waals surface area contributed by atoms with E-state index in [1.807, 2.05) is 0 Å². The molecule has 2 rings (SSSR count). The molecular formula is C14H15BrN2O3S. The predicted octanol–water partition coefficient (Wildman–Crippen LogP) is 2.75. The van der Waals surface area contributed by atoms with Gasteiger partial charge in [0.25, 0.3) is 10.0 Å². The average Bonchev–Trinajstić information content (AvgIpc) is 2.41. The number of aromatic nitrogens is 1. The van der Waals surface area contributed by atoms with E-state index in [-0.39, 0.29) is 11.5 Å². The van der Waals surface area contributed by atoms with E-state index in [0.29, 0.717) is 21.3 Å². The summed E-state index contributed by atoms with van der Waals surface area (Å²) in [5.41, 5.74) is 2.29. The second kappa shape index (κ2) is 6.13. The minimum Gasteiger partial charge on any atom is -0.392 e. The highest BCUT2D eigenvalue weighted by atomic mass is 79.9. The third-order valence-corrected chi connectivity index (χ3v) is 5.31. The van der Waals surface area contributed by atoms with E-state index in [2.05, 4.69) is 25.6 Å². The van der Waals surface area contributed by atoms with Gasteiger partial charge in [-0.2, -0.15) is 0 Å². The Morgan fingerprint density at radius 2 is 2.00 bits per heavy atom. The molecular weight excluding hydrogens is 356 g/mol. The Labute approximate surface area is 132 Å². The van der Waals surface area contributed by atoms with Crippen LogP contribution in [-0.4, -0.2) is 18.5 Å². The molecule has 0 atom stereocenters. The van der Waals surface area contributed by atoms with Gasteiger partial charge >= 0.3 is 0 Å². The van der Waals surface area contributed by atoms with E-state index in [1.54, 1.807) is 38.2 Å². The monoisotopic (exact) mass is 370 g/mol. The first-order valence-electron chi connectivity index (χ1n) is 6.19. The maximum Gasteiger partial charge on any atom is 0.262 e. The molecule has 2 N–H and O–H groups in total. The van der Waals surface area contributed by atoms with Crippen molar-refractivity contribution in [2.24, 2.45) is 0 Å². The lowest BCUT2D eigenvalue weighted by Crippen LogP contribution is -2.15. The molecule has 0 unspecified atom stereocenters. The second-order valence-corrected chi connectivity index (χ2v) is 7.16. The van der Waals surface area contributed by atoms with Crippen LogP contribution in [0.3, 0.4) is 0 Å². The van der Waals surface area contributed by atoms with Crippen LogP contribution in [0.4, 0.5) is 5.69 Å². The molecule has 1 aromatic carbocycles. The molecule has 1 heterocycles. The van der Waals surface area contributed by atoms with Crippen LogP contribution >= 0.6 is 15.9 Å². The van der Waals surface area contributed by atoms with E-state index in [0.717, 1.165) is 5.69 Å². The lowest BCUT2D eigenvalue weighted by molar-refractivity contribution is 0.281. The summed E-state index contributed by atoms with van der Waals surface area (Å²) in [6, 6.07) is 6.41. The summed E-state index contributed by atoms with van der Waals surface area (Å²) < 4.78 is 28.2. The molecule has 0 amide bonds. The van der Waals surface area contributed by atoms with E-state index < -0.39 is 10.0 Å². The number of aliphatic hydroxyl groups is 1. The largest absolute Gasteiger partial charge is 0.392 e. The molecule has 2 aromatic rings. The van der Waals surface area contributed by atoms with Gasteiger partial charge in [-0.3, -0.25) is 9.71 Å². The summed E-state index contributed by atoms with van der Waals surface area (Å²) in [6.45, 7) is 3.26. The lowest BCUT2D eigenvalue weighted by Gasteiger charge is -2.13. The Bertz CT molecular complexity index is 776. The normalized spacial score (nSPS) is 11.4. The number of benzene rings is 1. The minimum absolute atomic E-state index is 0.135. The van der Waals surface area contributed by atoms with Gasteiger partial charge in [-0.15, -0.1) is 0 Å². The van der Waals surface area contributed by atoms with Gasteiger partial charge in [0.2, 0.25) is 0 Å². The Balaban J connectivity index is 2.47. The van der Waals surface area contributed by atoms with Gasteiger partial charge in [-0.1, -0.05) is 15.9 Å². The molecule has 0 aliphatic carbocycles. The number of nitrogens with one attached hydrogen (secondary N) is 1. The fraction of sp³-hybridized carbons (Fsp3) is 0.214. The van der Waals surface area contributed by atoms with Gasteiger partial charge in [0.15, 0.2) is 0 Å². The van der Waals surface area contributed by atoms with Crippen molar-refractivity contribution in [1.29, 1.82) is 0 Å². The summed E-state index contributed by atoms with van der Waals surface area (Å²) in [7, 11) is -3.73. The SMILES string of the molecule is Cc1cc(NS(=O)(=O)c2cc(CO)cc(Br)c2C)ccn1. The molecule has 5 nitrogen and oxygen atoms in total. The Morgan fingerprint density at radius 3 is 2.62 bits per heavy atom. The molecule has 0 bridgehead atoms. The molecule has 0 fully saturated rings. The molecule has 0 aliphatic rings. The van der Waals surface area contributed by atoms with Crippen LogP contribution in [0.15, 0.2) is 39.8 Å². The standard InChI is InChI=1S/C14H15BrN2O3S/c1-9-5-12(3-4-16-9)17-21(19,20)14-7-11(8-18)6-13(15)10(14)2/h3-7,18H,8H2,1-2H3,(H,16,17). The van der Waals surface area contributed by atoms with Crippen molar-refractivity contribution in [2.75, 3.05) is 4.72 Å². The number of halogens is 1.